The van der Waals surface area contributed by atoms with Crippen LogP contribution < -0.4 is 10.2 Å². The number of rotatable bonds is 4. The van der Waals surface area contributed by atoms with E-state index < -0.39 is 0 Å². The molecule has 0 atom stereocenters. The van der Waals surface area contributed by atoms with Gasteiger partial charge in [-0.05, 0) is 0 Å². The lowest BCUT2D eigenvalue weighted by Crippen LogP contribution is -2.03. The van der Waals surface area contributed by atoms with Gasteiger partial charge in [0.05, 0.1) is 19.8 Å². The first-order valence-corrected chi connectivity index (χ1v) is 3.93. The summed E-state index contributed by atoms with van der Waals surface area (Å²) in [6.45, 7) is 0.524. The second-order valence-corrected chi connectivity index (χ2v) is 2.53. The Morgan fingerprint density at radius 2 is 2.15 bits per heavy atom. The number of ether oxygens (including phenoxy) is 2. The highest BCUT2D eigenvalue weighted by atomic mass is 16.6. The molecule has 0 aliphatic heterocycles. The van der Waals surface area contributed by atoms with Crippen LogP contribution in [0.2, 0.25) is 0 Å². The Morgan fingerprint density at radius 3 is 2.77 bits per heavy atom. The molecule has 4 heteroatoms. The van der Waals surface area contributed by atoms with Crippen molar-refractivity contribution in [2.45, 2.75) is 6.42 Å². The average molecular weight is 184 g/mol. The molecule has 13 heavy (non-hydrogen) atoms. The predicted octanol–water partition coefficient (Wildman–Crippen LogP) is 0.837. The van der Waals surface area contributed by atoms with Gasteiger partial charge in [0.25, 0.3) is 5.95 Å². The molecule has 72 valence electrons. The lowest BCUT2D eigenvalue weighted by molar-refractivity contribution is 0.191. The minimum atomic E-state index is -0.116. The molecule has 1 aromatic heterocycles. The summed E-state index contributed by atoms with van der Waals surface area (Å²) >= 11 is 0. The molecule has 1 aromatic rings. The van der Waals surface area contributed by atoms with Crippen molar-refractivity contribution >= 4 is 0 Å². The van der Waals surface area contributed by atoms with E-state index in [1.165, 1.54) is 19.2 Å². The van der Waals surface area contributed by atoms with E-state index in [9.17, 15) is 4.79 Å². The van der Waals surface area contributed by atoms with Crippen LogP contribution in [-0.4, -0.2) is 20.8 Å². The van der Waals surface area contributed by atoms with E-state index in [0.717, 1.165) is 0 Å². The van der Waals surface area contributed by atoms with Crippen molar-refractivity contribution in [1.82, 2.24) is 0 Å². The maximum Gasteiger partial charge on any atom is 0.288 e. The number of methoxy groups -OCH3 is 2. The molecule has 0 fully saturated rings. The first-order valence-electron chi connectivity index (χ1n) is 3.93. The zero-order valence-electron chi connectivity index (χ0n) is 7.70. The summed E-state index contributed by atoms with van der Waals surface area (Å²) in [5.41, 5.74) is -0.116. The zero-order chi connectivity index (χ0) is 9.68. The lowest BCUT2D eigenvalue weighted by atomic mass is 10.3. The second-order valence-electron chi connectivity index (χ2n) is 2.53. The Bertz CT molecular complexity index is 316. The van der Waals surface area contributed by atoms with E-state index in [1.807, 2.05) is 0 Å². The molecule has 4 nitrogen and oxygen atoms in total. The van der Waals surface area contributed by atoms with E-state index in [4.69, 9.17) is 13.9 Å². The summed E-state index contributed by atoms with van der Waals surface area (Å²) in [4.78, 5) is 11.1. The molecule has 0 unspecified atom stereocenters. The lowest BCUT2D eigenvalue weighted by Gasteiger charge is -2.01. The summed E-state index contributed by atoms with van der Waals surface area (Å²) < 4.78 is 14.9. The third kappa shape index (κ3) is 2.91. The van der Waals surface area contributed by atoms with Crippen LogP contribution in [0, 0.1) is 0 Å². The van der Waals surface area contributed by atoms with Gasteiger partial charge in [-0.25, -0.2) is 0 Å². The van der Waals surface area contributed by atoms with Gasteiger partial charge in [-0.1, -0.05) is 0 Å². The SMILES string of the molecule is COCCc1cc(=O)cc(OC)o1. The van der Waals surface area contributed by atoms with Gasteiger partial charge in [0.15, 0.2) is 5.43 Å². The van der Waals surface area contributed by atoms with E-state index in [1.54, 1.807) is 7.11 Å². The summed E-state index contributed by atoms with van der Waals surface area (Å²) in [5, 5.41) is 0. The van der Waals surface area contributed by atoms with E-state index in [2.05, 4.69) is 0 Å². The van der Waals surface area contributed by atoms with Gasteiger partial charge in [0.1, 0.15) is 5.76 Å². The molecule has 0 aliphatic rings. The van der Waals surface area contributed by atoms with Crippen molar-refractivity contribution in [3.8, 4) is 5.95 Å². The molecule has 0 saturated carbocycles. The maximum absolute atomic E-state index is 11.1. The van der Waals surface area contributed by atoms with Crippen LogP contribution in [0.5, 0.6) is 5.95 Å². The first kappa shape index (κ1) is 9.80. The van der Waals surface area contributed by atoms with E-state index in [0.29, 0.717) is 18.8 Å². The van der Waals surface area contributed by atoms with Crippen LogP contribution in [-0.2, 0) is 11.2 Å². The fourth-order valence-corrected chi connectivity index (χ4v) is 0.931. The van der Waals surface area contributed by atoms with Crippen molar-refractivity contribution in [2.75, 3.05) is 20.8 Å². The molecule has 0 aliphatic carbocycles. The van der Waals surface area contributed by atoms with Crippen LogP contribution >= 0.6 is 0 Å². The molecule has 0 amide bonds. The summed E-state index contributed by atoms with van der Waals surface area (Å²) in [5.74, 6) is 0.810. The molecule has 1 rings (SSSR count). The Kier molecular flexibility index (Phi) is 3.52. The van der Waals surface area contributed by atoms with E-state index >= 15 is 0 Å². The quantitative estimate of drug-likeness (QED) is 0.695. The Hall–Kier alpha value is -1.29. The topological polar surface area (TPSA) is 48.7 Å². The van der Waals surface area contributed by atoms with E-state index in [-0.39, 0.29) is 11.4 Å². The normalized spacial score (nSPS) is 10.0. The van der Waals surface area contributed by atoms with Crippen molar-refractivity contribution in [3.05, 3.63) is 28.1 Å². The minimum Gasteiger partial charge on any atom is -0.468 e. The van der Waals surface area contributed by atoms with Gasteiger partial charge < -0.3 is 13.9 Å². The van der Waals surface area contributed by atoms with Gasteiger partial charge in [0.2, 0.25) is 0 Å². The van der Waals surface area contributed by atoms with Gasteiger partial charge in [0, 0.05) is 19.6 Å². The van der Waals surface area contributed by atoms with Gasteiger partial charge in [-0.15, -0.1) is 0 Å². The standard InChI is InChI=1S/C9H12O4/c1-11-4-3-8-5-7(10)6-9(12-2)13-8/h5-6H,3-4H2,1-2H3. The second kappa shape index (κ2) is 4.67. The molecule has 0 radical (unpaired) electrons. The van der Waals surface area contributed by atoms with Crippen LogP contribution in [0.4, 0.5) is 0 Å². The highest BCUT2D eigenvalue weighted by Gasteiger charge is 2.01. The van der Waals surface area contributed by atoms with Crippen molar-refractivity contribution in [3.63, 3.8) is 0 Å². The largest absolute Gasteiger partial charge is 0.468 e. The minimum absolute atomic E-state index is 0.116. The summed E-state index contributed by atoms with van der Waals surface area (Å²) in [6, 6.07) is 2.73. The predicted molar refractivity (Wildman–Crippen MR) is 47.1 cm³/mol. The summed E-state index contributed by atoms with van der Waals surface area (Å²) in [7, 11) is 3.05. The van der Waals surface area contributed by atoms with Crippen LogP contribution in [0.3, 0.4) is 0 Å². The smallest absolute Gasteiger partial charge is 0.288 e. The molecule has 0 N–H and O–H groups in total. The first-order chi connectivity index (χ1) is 6.26. The van der Waals surface area contributed by atoms with Gasteiger partial charge in [-0.3, -0.25) is 4.79 Å². The number of hydrogen-bond donors (Lipinski definition) is 0. The van der Waals surface area contributed by atoms with Crippen LogP contribution in [0.1, 0.15) is 5.76 Å². The number of hydrogen-bond acceptors (Lipinski definition) is 4. The average Bonchev–Trinajstić information content (AvgIpc) is 2.14. The highest BCUT2D eigenvalue weighted by molar-refractivity contribution is 5.10. The molecular weight excluding hydrogens is 172 g/mol. The van der Waals surface area contributed by atoms with Crippen molar-refractivity contribution in [2.24, 2.45) is 0 Å². The summed E-state index contributed by atoms with van der Waals surface area (Å²) in [6.07, 6.45) is 0.572. The monoisotopic (exact) mass is 184 g/mol. The molecule has 1 heterocycles. The fourth-order valence-electron chi connectivity index (χ4n) is 0.931. The van der Waals surface area contributed by atoms with Gasteiger partial charge in [-0.2, -0.15) is 0 Å². The van der Waals surface area contributed by atoms with Crippen LogP contribution in [0.15, 0.2) is 21.3 Å². The Morgan fingerprint density at radius 1 is 1.38 bits per heavy atom. The molecular formula is C9H12O4. The van der Waals surface area contributed by atoms with Crippen molar-refractivity contribution < 1.29 is 13.9 Å². The highest BCUT2D eigenvalue weighted by Crippen LogP contribution is 2.09. The molecule has 0 bridgehead atoms. The van der Waals surface area contributed by atoms with Gasteiger partial charge >= 0.3 is 0 Å². The Labute approximate surface area is 76.1 Å². The third-order valence-electron chi connectivity index (χ3n) is 1.55. The maximum atomic E-state index is 11.1. The third-order valence-corrected chi connectivity index (χ3v) is 1.55. The molecule has 0 spiro atoms. The zero-order valence-corrected chi connectivity index (χ0v) is 7.70. The van der Waals surface area contributed by atoms with Crippen molar-refractivity contribution in [1.29, 1.82) is 0 Å². The molecule has 0 saturated heterocycles. The van der Waals surface area contributed by atoms with Crippen LogP contribution in [0.25, 0.3) is 0 Å². The molecule has 0 aromatic carbocycles. The Balaban J connectivity index is 2.82. The fraction of sp³-hybridized carbons (Fsp3) is 0.444.